The Balaban J connectivity index is 0.00000243. The van der Waals surface area contributed by atoms with Crippen molar-refractivity contribution in [1.29, 1.82) is 0 Å². The lowest BCUT2D eigenvalue weighted by Crippen LogP contribution is -2.36. The molecule has 140 valence electrons. The number of aromatic nitrogens is 1. The molecule has 1 aliphatic rings. The van der Waals surface area contributed by atoms with Crippen LogP contribution in [-0.2, 0) is 13.1 Å². The largest absolute Gasteiger partial charge is 0.477 e. The maximum absolute atomic E-state index is 5.67. The number of halogens is 1. The van der Waals surface area contributed by atoms with Crippen molar-refractivity contribution in [2.45, 2.75) is 32.9 Å². The second-order valence-corrected chi connectivity index (χ2v) is 6.29. The number of pyridine rings is 1. The molecule has 0 radical (unpaired) electrons. The first-order chi connectivity index (χ1) is 12.3. The van der Waals surface area contributed by atoms with Crippen molar-refractivity contribution >= 4 is 29.9 Å². The Morgan fingerprint density at radius 1 is 1.12 bits per heavy atom. The molecule has 0 amide bonds. The van der Waals surface area contributed by atoms with Crippen molar-refractivity contribution in [3.63, 3.8) is 0 Å². The van der Waals surface area contributed by atoms with Crippen LogP contribution in [-0.4, -0.2) is 24.1 Å². The smallest absolute Gasteiger partial charge is 0.213 e. The molecule has 1 aliphatic carbocycles. The maximum atomic E-state index is 5.67. The fourth-order valence-electron chi connectivity index (χ4n) is 2.37. The van der Waals surface area contributed by atoms with Crippen LogP contribution in [0.4, 0.5) is 0 Å². The van der Waals surface area contributed by atoms with Crippen LogP contribution in [0.1, 0.15) is 30.9 Å². The van der Waals surface area contributed by atoms with Crippen molar-refractivity contribution in [2.75, 3.05) is 13.2 Å². The number of rotatable bonds is 8. The molecule has 6 heteroatoms. The van der Waals surface area contributed by atoms with E-state index in [9.17, 15) is 0 Å². The van der Waals surface area contributed by atoms with E-state index in [1.54, 1.807) is 0 Å². The van der Waals surface area contributed by atoms with Crippen molar-refractivity contribution in [3.8, 4) is 5.88 Å². The molecular weight excluding hydrogens is 439 g/mol. The third-order valence-electron chi connectivity index (χ3n) is 4.03. The van der Waals surface area contributed by atoms with Gasteiger partial charge in [0.25, 0.3) is 0 Å². The molecule has 26 heavy (non-hydrogen) atoms. The summed E-state index contributed by atoms with van der Waals surface area (Å²) in [6.07, 6.45) is 4.42. The van der Waals surface area contributed by atoms with Gasteiger partial charge in [-0.15, -0.1) is 24.0 Å². The summed E-state index contributed by atoms with van der Waals surface area (Å²) in [5.74, 6) is 2.25. The van der Waals surface area contributed by atoms with Gasteiger partial charge in [0.2, 0.25) is 5.88 Å². The van der Waals surface area contributed by atoms with Crippen LogP contribution in [0.15, 0.2) is 53.7 Å². The molecule has 0 bridgehead atoms. The quantitative estimate of drug-likeness (QED) is 0.354. The van der Waals surface area contributed by atoms with Gasteiger partial charge in [0.05, 0.1) is 13.2 Å². The molecule has 2 N–H and O–H groups in total. The number of hydrogen-bond donors (Lipinski definition) is 2. The second kappa shape index (κ2) is 11.0. The Labute approximate surface area is 172 Å². The van der Waals surface area contributed by atoms with Crippen LogP contribution >= 0.6 is 24.0 Å². The number of hydrogen-bond acceptors (Lipinski definition) is 3. The maximum Gasteiger partial charge on any atom is 0.213 e. The Morgan fingerprint density at radius 3 is 2.58 bits per heavy atom. The van der Waals surface area contributed by atoms with E-state index >= 15 is 0 Å². The summed E-state index contributed by atoms with van der Waals surface area (Å²) in [4.78, 5) is 8.99. The van der Waals surface area contributed by atoms with E-state index in [-0.39, 0.29) is 24.0 Å². The lowest BCUT2D eigenvalue weighted by molar-refractivity contribution is 0.288. The van der Waals surface area contributed by atoms with Crippen LogP contribution in [0.5, 0.6) is 5.88 Å². The molecule has 3 rings (SSSR count). The van der Waals surface area contributed by atoms with Crippen LogP contribution in [0.25, 0.3) is 0 Å². The molecule has 5 nitrogen and oxygen atoms in total. The average Bonchev–Trinajstić information content (AvgIpc) is 3.48. The highest BCUT2D eigenvalue weighted by molar-refractivity contribution is 14.0. The number of aliphatic imine (C=N–C) groups is 1. The van der Waals surface area contributed by atoms with Gasteiger partial charge in [0.15, 0.2) is 5.96 Å². The zero-order valence-electron chi connectivity index (χ0n) is 15.1. The normalized spacial score (nSPS) is 13.7. The second-order valence-electron chi connectivity index (χ2n) is 6.29. The number of nitrogens with one attached hydrogen (secondary N) is 2. The van der Waals surface area contributed by atoms with E-state index in [2.05, 4.69) is 39.7 Å². The van der Waals surface area contributed by atoms with Crippen LogP contribution in [0, 0.1) is 5.92 Å². The van der Waals surface area contributed by atoms with Crippen LogP contribution in [0.3, 0.4) is 0 Å². The van der Waals surface area contributed by atoms with Gasteiger partial charge in [0.1, 0.15) is 0 Å². The van der Waals surface area contributed by atoms with Crippen LogP contribution in [0.2, 0.25) is 0 Å². The SMILES string of the molecule is CCNC(=NCc1ccc(OCC2CC2)nc1)NCc1ccccc1.I. The first-order valence-electron chi connectivity index (χ1n) is 8.97. The van der Waals surface area contributed by atoms with E-state index in [0.29, 0.717) is 12.4 Å². The first kappa shape index (κ1) is 20.5. The first-order valence-corrected chi connectivity index (χ1v) is 8.97. The van der Waals surface area contributed by atoms with Crippen molar-refractivity contribution < 1.29 is 4.74 Å². The van der Waals surface area contributed by atoms with E-state index in [4.69, 9.17) is 4.74 Å². The van der Waals surface area contributed by atoms with Gasteiger partial charge in [-0.25, -0.2) is 9.98 Å². The number of guanidine groups is 1. The molecule has 0 spiro atoms. The molecule has 1 aromatic carbocycles. The highest BCUT2D eigenvalue weighted by Gasteiger charge is 2.21. The van der Waals surface area contributed by atoms with Gasteiger partial charge in [-0.1, -0.05) is 36.4 Å². The Kier molecular flexibility index (Phi) is 8.67. The van der Waals surface area contributed by atoms with Gasteiger partial charge in [0, 0.05) is 25.4 Å². The molecule has 0 unspecified atom stereocenters. The van der Waals surface area contributed by atoms with E-state index < -0.39 is 0 Å². The van der Waals surface area contributed by atoms with Gasteiger partial charge in [-0.2, -0.15) is 0 Å². The fourth-order valence-corrected chi connectivity index (χ4v) is 2.37. The van der Waals surface area contributed by atoms with E-state index in [0.717, 1.165) is 37.1 Å². The summed E-state index contributed by atoms with van der Waals surface area (Å²) in [6.45, 7) is 5.01. The average molecular weight is 466 g/mol. The summed E-state index contributed by atoms with van der Waals surface area (Å²) in [6, 6.07) is 14.3. The van der Waals surface area contributed by atoms with Gasteiger partial charge < -0.3 is 15.4 Å². The van der Waals surface area contributed by atoms with Crippen molar-refractivity contribution in [1.82, 2.24) is 15.6 Å². The summed E-state index contributed by atoms with van der Waals surface area (Å²) in [5, 5.41) is 6.62. The fraction of sp³-hybridized carbons (Fsp3) is 0.400. The topological polar surface area (TPSA) is 58.5 Å². The lowest BCUT2D eigenvalue weighted by atomic mass is 10.2. The summed E-state index contributed by atoms with van der Waals surface area (Å²) in [5.41, 5.74) is 2.29. The molecule has 1 heterocycles. The Morgan fingerprint density at radius 2 is 1.92 bits per heavy atom. The lowest BCUT2D eigenvalue weighted by Gasteiger charge is -2.11. The van der Waals surface area contributed by atoms with E-state index in [1.807, 2.05) is 36.5 Å². The van der Waals surface area contributed by atoms with Gasteiger partial charge in [-0.3, -0.25) is 0 Å². The zero-order chi connectivity index (χ0) is 17.3. The minimum atomic E-state index is 0. The molecular formula is C20H27IN4O. The summed E-state index contributed by atoms with van der Waals surface area (Å²) < 4.78 is 5.67. The summed E-state index contributed by atoms with van der Waals surface area (Å²) >= 11 is 0. The molecule has 1 fully saturated rings. The highest BCUT2D eigenvalue weighted by atomic mass is 127. The third-order valence-corrected chi connectivity index (χ3v) is 4.03. The zero-order valence-corrected chi connectivity index (χ0v) is 17.5. The van der Waals surface area contributed by atoms with Gasteiger partial charge >= 0.3 is 0 Å². The van der Waals surface area contributed by atoms with Gasteiger partial charge in [-0.05, 0) is 36.8 Å². The monoisotopic (exact) mass is 466 g/mol. The number of nitrogens with zero attached hydrogens (tertiary/aromatic N) is 2. The minimum absolute atomic E-state index is 0. The summed E-state index contributed by atoms with van der Waals surface area (Å²) in [7, 11) is 0. The Bertz CT molecular complexity index is 672. The van der Waals surface area contributed by atoms with Crippen molar-refractivity contribution in [2.24, 2.45) is 10.9 Å². The highest BCUT2D eigenvalue weighted by Crippen LogP contribution is 2.29. The standard InChI is InChI=1S/C20H26N4O.HI/c1-2-21-20(23-12-16-6-4-3-5-7-16)24-14-18-10-11-19(22-13-18)25-15-17-8-9-17;/h3-7,10-11,13,17H,2,8-9,12,14-15H2,1H3,(H2,21,23,24);1H. The number of benzene rings is 1. The predicted octanol–water partition coefficient (Wildman–Crippen LogP) is 3.74. The third kappa shape index (κ3) is 7.19. The molecule has 1 aromatic heterocycles. The molecule has 1 saturated carbocycles. The molecule has 0 aliphatic heterocycles. The van der Waals surface area contributed by atoms with E-state index in [1.165, 1.54) is 18.4 Å². The minimum Gasteiger partial charge on any atom is -0.477 e. The molecule has 0 atom stereocenters. The number of ether oxygens (including phenoxy) is 1. The van der Waals surface area contributed by atoms with Crippen molar-refractivity contribution in [3.05, 3.63) is 59.8 Å². The molecule has 0 saturated heterocycles. The predicted molar refractivity (Wildman–Crippen MR) is 116 cm³/mol. The molecule has 2 aromatic rings. The Hall–Kier alpha value is -1.83. The van der Waals surface area contributed by atoms with Crippen LogP contribution < -0.4 is 15.4 Å².